The molecule has 2 heteroatoms. The average molecular weight is 743 g/mol. The Kier molecular flexibility index (Phi) is 6.78. The lowest BCUT2D eigenvalue weighted by Gasteiger charge is -2.30. The average Bonchev–Trinajstić information content (AvgIpc) is 3.81. The van der Waals surface area contributed by atoms with Crippen LogP contribution in [0.4, 0.5) is 17.1 Å². The maximum Gasteiger partial charge on any atom is 0.0625 e. The van der Waals surface area contributed by atoms with Crippen molar-refractivity contribution in [3.8, 4) is 27.9 Å². The van der Waals surface area contributed by atoms with Gasteiger partial charge in [-0.05, 0) is 115 Å². The molecule has 0 spiro atoms. The third kappa shape index (κ3) is 4.43. The zero-order valence-electron chi connectivity index (χ0n) is 33.2. The van der Waals surface area contributed by atoms with E-state index in [-0.39, 0.29) is 10.8 Å². The summed E-state index contributed by atoms with van der Waals surface area (Å²) in [5.74, 6) is 0. The maximum atomic E-state index is 2.51. The fourth-order valence-corrected chi connectivity index (χ4v) is 10.8. The zero-order valence-corrected chi connectivity index (χ0v) is 33.2. The van der Waals surface area contributed by atoms with E-state index in [4.69, 9.17) is 0 Å². The van der Waals surface area contributed by atoms with Crippen molar-refractivity contribution >= 4 is 60.4 Å². The molecule has 0 fully saturated rings. The fraction of sp³-hybridized carbons (Fsp3) is 0.107. The summed E-state index contributed by atoms with van der Waals surface area (Å²) in [6.45, 7) is 9.50. The van der Waals surface area contributed by atoms with Crippen LogP contribution in [0.5, 0.6) is 0 Å². The lowest BCUT2D eigenvalue weighted by molar-refractivity contribution is 0.660. The van der Waals surface area contributed by atoms with E-state index in [1.54, 1.807) is 0 Å². The zero-order chi connectivity index (χ0) is 38.9. The van der Waals surface area contributed by atoms with Gasteiger partial charge in [0.2, 0.25) is 0 Å². The van der Waals surface area contributed by atoms with E-state index in [9.17, 15) is 0 Å². The van der Waals surface area contributed by atoms with Gasteiger partial charge in [-0.1, -0.05) is 155 Å². The van der Waals surface area contributed by atoms with Crippen molar-refractivity contribution in [3.63, 3.8) is 0 Å². The van der Waals surface area contributed by atoms with Crippen molar-refractivity contribution < 1.29 is 0 Å². The Morgan fingerprint density at radius 2 is 0.810 bits per heavy atom. The van der Waals surface area contributed by atoms with E-state index >= 15 is 0 Å². The van der Waals surface area contributed by atoms with Gasteiger partial charge < -0.3 is 9.47 Å². The number of anilines is 3. The lowest BCUT2D eigenvalue weighted by Crippen LogP contribution is -2.18. The molecule has 12 rings (SSSR count). The highest BCUT2D eigenvalue weighted by molar-refractivity contribution is 6.32. The third-order valence-electron chi connectivity index (χ3n) is 13.5. The van der Waals surface area contributed by atoms with Crippen molar-refractivity contribution in [1.29, 1.82) is 0 Å². The monoisotopic (exact) mass is 742 g/mol. The first kappa shape index (κ1) is 33.3. The molecular formula is C56H42N2. The number of para-hydroxylation sites is 1. The van der Waals surface area contributed by atoms with Crippen LogP contribution in [0.1, 0.15) is 49.9 Å². The number of nitrogens with zero attached hydrogens (tertiary/aromatic N) is 2. The number of hydrogen-bond donors (Lipinski definition) is 0. The molecule has 0 bridgehead atoms. The Morgan fingerprint density at radius 1 is 0.362 bits per heavy atom. The normalized spacial score (nSPS) is 14.5. The molecule has 0 unspecified atom stereocenters. The largest absolute Gasteiger partial charge is 0.310 e. The first-order valence-electron chi connectivity index (χ1n) is 20.5. The Bertz CT molecular complexity index is 3240. The smallest absolute Gasteiger partial charge is 0.0625 e. The molecule has 58 heavy (non-hydrogen) atoms. The molecule has 0 atom stereocenters. The molecule has 2 aliphatic rings. The van der Waals surface area contributed by atoms with Crippen LogP contribution in [0.3, 0.4) is 0 Å². The number of benzene rings is 9. The van der Waals surface area contributed by atoms with Crippen LogP contribution in [0.2, 0.25) is 0 Å². The van der Waals surface area contributed by atoms with Crippen LogP contribution in [0.25, 0.3) is 71.3 Å². The first-order chi connectivity index (χ1) is 28.3. The van der Waals surface area contributed by atoms with Gasteiger partial charge in [-0.25, -0.2) is 0 Å². The predicted molar refractivity (Wildman–Crippen MR) is 246 cm³/mol. The Morgan fingerprint density at radius 3 is 1.41 bits per heavy atom. The van der Waals surface area contributed by atoms with Crippen molar-refractivity contribution in [2.24, 2.45) is 0 Å². The molecule has 0 radical (unpaired) electrons. The van der Waals surface area contributed by atoms with Crippen LogP contribution in [0, 0.1) is 0 Å². The van der Waals surface area contributed by atoms with Crippen LogP contribution >= 0.6 is 0 Å². The highest BCUT2D eigenvalue weighted by atomic mass is 15.1. The van der Waals surface area contributed by atoms with Crippen molar-refractivity contribution in [2.45, 2.75) is 38.5 Å². The minimum absolute atomic E-state index is 0.123. The van der Waals surface area contributed by atoms with Gasteiger partial charge >= 0.3 is 0 Å². The molecule has 0 saturated heterocycles. The second-order valence-corrected chi connectivity index (χ2v) is 17.3. The minimum atomic E-state index is -0.123. The summed E-state index contributed by atoms with van der Waals surface area (Å²) in [5, 5.41) is 7.61. The molecule has 10 aromatic rings. The van der Waals surface area contributed by atoms with Gasteiger partial charge in [0, 0.05) is 49.7 Å². The SMILES string of the molecule is CC1(C)c2ccccc2-c2ccc(N(c3ccc4c(c3)C(C)(C)c3ccccc3-4)c3ccc4c(c3)c3c5ccccc5c5ccccc5c3n4-c3ccccc3)cc21. The Labute approximate surface area is 339 Å². The summed E-state index contributed by atoms with van der Waals surface area (Å²) >= 11 is 0. The van der Waals surface area contributed by atoms with Crippen molar-refractivity contribution in [1.82, 2.24) is 4.57 Å². The molecule has 1 aromatic heterocycles. The second-order valence-electron chi connectivity index (χ2n) is 17.3. The van der Waals surface area contributed by atoms with Crippen LogP contribution < -0.4 is 4.90 Å². The van der Waals surface area contributed by atoms with Crippen LogP contribution in [-0.2, 0) is 10.8 Å². The maximum absolute atomic E-state index is 2.51. The van der Waals surface area contributed by atoms with E-state index in [1.807, 2.05) is 0 Å². The third-order valence-corrected chi connectivity index (χ3v) is 13.5. The summed E-state index contributed by atoms with van der Waals surface area (Å²) < 4.78 is 2.48. The van der Waals surface area contributed by atoms with Gasteiger partial charge in [-0.3, -0.25) is 0 Å². The van der Waals surface area contributed by atoms with Crippen LogP contribution in [0.15, 0.2) is 182 Å². The summed E-state index contributed by atoms with van der Waals surface area (Å²) in [6, 6.07) is 68.1. The van der Waals surface area contributed by atoms with E-state index < -0.39 is 0 Å². The van der Waals surface area contributed by atoms with Crippen molar-refractivity contribution in [2.75, 3.05) is 4.90 Å². The molecule has 0 aliphatic heterocycles. The van der Waals surface area contributed by atoms with Crippen molar-refractivity contribution in [3.05, 3.63) is 204 Å². The molecule has 0 N–H and O–H groups in total. The molecule has 276 valence electrons. The molecule has 2 aliphatic carbocycles. The molecule has 1 heterocycles. The highest BCUT2D eigenvalue weighted by Gasteiger charge is 2.38. The summed E-state index contributed by atoms with van der Waals surface area (Å²) in [5.41, 5.74) is 17.7. The summed E-state index contributed by atoms with van der Waals surface area (Å²) in [6.07, 6.45) is 0. The summed E-state index contributed by atoms with van der Waals surface area (Å²) in [7, 11) is 0. The van der Waals surface area contributed by atoms with Gasteiger partial charge in [0.25, 0.3) is 0 Å². The number of rotatable bonds is 4. The quantitative estimate of drug-likeness (QED) is 0.163. The highest BCUT2D eigenvalue weighted by Crippen LogP contribution is 2.54. The number of aromatic nitrogens is 1. The van der Waals surface area contributed by atoms with Gasteiger partial charge in [-0.2, -0.15) is 0 Å². The molecular weight excluding hydrogens is 701 g/mol. The molecule has 9 aromatic carbocycles. The molecule has 2 nitrogen and oxygen atoms in total. The number of fused-ring (bicyclic) bond motifs is 14. The topological polar surface area (TPSA) is 8.17 Å². The van der Waals surface area contributed by atoms with Gasteiger partial charge in [0.15, 0.2) is 0 Å². The first-order valence-corrected chi connectivity index (χ1v) is 20.5. The van der Waals surface area contributed by atoms with Gasteiger partial charge in [0.05, 0.1) is 11.0 Å². The van der Waals surface area contributed by atoms with E-state index in [0.29, 0.717) is 0 Å². The summed E-state index contributed by atoms with van der Waals surface area (Å²) in [4.78, 5) is 2.51. The fourth-order valence-electron chi connectivity index (χ4n) is 10.8. The van der Waals surface area contributed by atoms with Crippen LogP contribution in [-0.4, -0.2) is 4.57 Å². The van der Waals surface area contributed by atoms with E-state index in [1.165, 1.54) is 87.9 Å². The van der Waals surface area contributed by atoms with E-state index in [2.05, 4.69) is 219 Å². The number of hydrogen-bond acceptors (Lipinski definition) is 1. The second kappa shape index (κ2) is 11.8. The van der Waals surface area contributed by atoms with Gasteiger partial charge in [0.1, 0.15) is 0 Å². The standard InChI is InChI=1S/C56H42N2/c1-55(2)48-24-14-12-20-41(48)43-29-26-37(33-50(43)55)57(38-27-30-44-42-21-13-15-25-49(42)56(3,4)51(44)34-38)36-28-31-52-47(32-36)53-45-22-10-8-18-39(45)40-19-9-11-23-46(40)54(53)58(52)35-16-6-5-7-17-35/h5-34H,1-4H3. The Balaban J connectivity index is 1.16. The lowest BCUT2D eigenvalue weighted by atomic mass is 9.82. The van der Waals surface area contributed by atoms with Gasteiger partial charge in [-0.15, -0.1) is 0 Å². The predicted octanol–water partition coefficient (Wildman–Crippen LogP) is 15.2. The Hall–Kier alpha value is -6.90. The molecule has 0 amide bonds. The van der Waals surface area contributed by atoms with E-state index in [0.717, 1.165) is 22.7 Å². The molecule has 0 saturated carbocycles. The minimum Gasteiger partial charge on any atom is -0.310 e.